The molecule has 0 atom stereocenters. The second-order valence-electron chi connectivity index (χ2n) is 7.03. The summed E-state index contributed by atoms with van der Waals surface area (Å²) in [5, 5.41) is 11.5. The van der Waals surface area contributed by atoms with Crippen LogP contribution in [0.5, 0.6) is 0 Å². The van der Waals surface area contributed by atoms with Crippen LogP contribution in [0.3, 0.4) is 0 Å². The summed E-state index contributed by atoms with van der Waals surface area (Å²) < 4.78 is 6.93. The first-order chi connectivity index (χ1) is 15.0. The predicted octanol–water partition coefficient (Wildman–Crippen LogP) is 4.10. The Labute approximate surface area is 180 Å². The molecule has 1 N–H and O–H groups in total. The Balaban J connectivity index is 1.52. The van der Waals surface area contributed by atoms with Crippen molar-refractivity contribution < 1.29 is 9.32 Å². The number of nitrogens with one attached hydrogen (secondary N) is 1. The third kappa shape index (κ3) is 3.46. The molecule has 0 aliphatic heterocycles. The van der Waals surface area contributed by atoms with Crippen molar-refractivity contribution in [1.82, 2.24) is 29.9 Å². The number of anilines is 1. The Hall–Kier alpha value is -3.92. The summed E-state index contributed by atoms with van der Waals surface area (Å²) in [5.41, 5.74) is 3.60. The maximum absolute atomic E-state index is 13.2. The molecule has 0 aliphatic carbocycles. The Kier molecular flexibility index (Phi) is 4.55. The molecule has 5 rings (SSSR count). The highest BCUT2D eigenvalue weighted by atomic mass is 32.1. The minimum atomic E-state index is -0.292. The summed E-state index contributed by atoms with van der Waals surface area (Å²) in [6, 6.07) is 7.35. The molecule has 5 aromatic heterocycles. The molecule has 1 amide bonds. The van der Waals surface area contributed by atoms with Gasteiger partial charge in [-0.3, -0.25) is 4.79 Å². The van der Waals surface area contributed by atoms with Crippen LogP contribution in [0.4, 0.5) is 5.69 Å². The van der Waals surface area contributed by atoms with E-state index in [-0.39, 0.29) is 5.91 Å². The number of aromatic nitrogens is 6. The third-order valence-electron chi connectivity index (χ3n) is 4.84. The van der Waals surface area contributed by atoms with Gasteiger partial charge in [0.25, 0.3) is 11.6 Å². The molecule has 0 bridgehead atoms. The van der Waals surface area contributed by atoms with Gasteiger partial charge in [-0.05, 0) is 45.0 Å². The average Bonchev–Trinajstić information content (AvgIpc) is 3.49. The van der Waals surface area contributed by atoms with Crippen LogP contribution in [0.25, 0.3) is 28.2 Å². The molecule has 0 radical (unpaired) electrons. The van der Waals surface area contributed by atoms with Crippen molar-refractivity contribution in [3.05, 3.63) is 64.1 Å². The van der Waals surface area contributed by atoms with Crippen molar-refractivity contribution >= 4 is 34.0 Å². The number of pyridine rings is 2. The molecular formula is C21H17N7O2S. The maximum atomic E-state index is 13.2. The Bertz CT molecular complexity index is 1400. The molecule has 31 heavy (non-hydrogen) atoms. The van der Waals surface area contributed by atoms with Crippen LogP contribution >= 0.6 is 11.3 Å². The topological polar surface area (TPSA) is 112 Å². The molecule has 0 saturated heterocycles. The number of fused-ring (bicyclic) bond motifs is 1. The van der Waals surface area contributed by atoms with Gasteiger partial charge in [-0.15, -0.1) is 11.3 Å². The monoisotopic (exact) mass is 431 g/mol. The van der Waals surface area contributed by atoms with Crippen LogP contribution in [0.2, 0.25) is 0 Å². The van der Waals surface area contributed by atoms with Crippen molar-refractivity contribution in [2.45, 2.75) is 20.8 Å². The van der Waals surface area contributed by atoms with Gasteiger partial charge >= 0.3 is 0 Å². The molecular weight excluding hydrogens is 414 g/mol. The fourth-order valence-corrected chi connectivity index (χ4v) is 4.35. The molecule has 0 aliphatic rings. The summed E-state index contributed by atoms with van der Waals surface area (Å²) in [6.07, 6.45) is 4.56. The minimum absolute atomic E-state index is 0.292. The zero-order valence-corrected chi connectivity index (χ0v) is 17.8. The first-order valence-corrected chi connectivity index (χ1v) is 10.3. The Morgan fingerprint density at radius 3 is 2.74 bits per heavy atom. The van der Waals surface area contributed by atoms with Gasteiger partial charge in [-0.25, -0.2) is 19.6 Å². The number of hydrogen-bond donors (Lipinski definition) is 1. The number of carbonyl (C=O) groups excluding carboxylic acids is 1. The lowest BCUT2D eigenvalue weighted by Gasteiger charge is -2.09. The van der Waals surface area contributed by atoms with Crippen LogP contribution in [-0.4, -0.2) is 35.8 Å². The van der Waals surface area contributed by atoms with Gasteiger partial charge in [0.1, 0.15) is 12.7 Å². The van der Waals surface area contributed by atoms with Crippen molar-refractivity contribution in [3.63, 3.8) is 0 Å². The number of rotatable bonds is 4. The van der Waals surface area contributed by atoms with Crippen LogP contribution in [0.15, 0.2) is 47.6 Å². The van der Waals surface area contributed by atoms with E-state index in [1.54, 1.807) is 49.0 Å². The van der Waals surface area contributed by atoms with Crippen molar-refractivity contribution in [1.29, 1.82) is 0 Å². The van der Waals surface area contributed by atoms with E-state index in [0.29, 0.717) is 39.6 Å². The van der Waals surface area contributed by atoms with E-state index in [1.807, 2.05) is 13.8 Å². The molecule has 10 heteroatoms. The zero-order chi connectivity index (χ0) is 21.5. The standard InChI is InChI=1S/C21H17N7O2S/c1-11-6-15(13(3)31-11)17-7-16(19-12(2)27-30-21(19)26-17)20(29)25-14-4-5-18(23-8-14)28-10-22-9-24-28/h4-10H,1-3H3,(H,25,29). The second-order valence-corrected chi connectivity index (χ2v) is 8.49. The highest BCUT2D eigenvalue weighted by Crippen LogP contribution is 2.33. The SMILES string of the molecule is Cc1cc(-c2cc(C(=O)Nc3ccc(-n4cncn4)nc3)c3c(C)noc3n2)c(C)s1. The van der Waals surface area contributed by atoms with Crippen LogP contribution in [-0.2, 0) is 0 Å². The van der Waals surface area contributed by atoms with E-state index < -0.39 is 0 Å². The lowest BCUT2D eigenvalue weighted by Crippen LogP contribution is -2.13. The average molecular weight is 431 g/mol. The van der Waals surface area contributed by atoms with E-state index in [2.05, 4.69) is 36.6 Å². The first kappa shape index (κ1) is 19.1. The summed E-state index contributed by atoms with van der Waals surface area (Å²) in [5.74, 6) is 0.308. The smallest absolute Gasteiger partial charge is 0.259 e. The number of thiophene rings is 1. The van der Waals surface area contributed by atoms with Crippen LogP contribution in [0, 0.1) is 20.8 Å². The second kappa shape index (κ2) is 7.40. The van der Waals surface area contributed by atoms with Crippen molar-refractivity contribution in [2.75, 3.05) is 5.32 Å². The predicted molar refractivity (Wildman–Crippen MR) is 116 cm³/mol. The highest BCUT2D eigenvalue weighted by Gasteiger charge is 2.21. The normalized spacial score (nSPS) is 11.2. The number of amides is 1. The lowest BCUT2D eigenvalue weighted by atomic mass is 10.1. The molecule has 9 nitrogen and oxygen atoms in total. The maximum Gasteiger partial charge on any atom is 0.259 e. The van der Waals surface area contributed by atoms with Gasteiger partial charge in [0.2, 0.25) is 0 Å². The van der Waals surface area contributed by atoms with Gasteiger partial charge in [-0.1, -0.05) is 5.16 Å². The van der Waals surface area contributed by atoms with Gasteiger partial charge in [0.05, 0.1) is 34.2 Å². The van der Waals surface area contributed by atoms with Gasteiger partial charge < -0.3 is 9.84 Å². The van der Waals surface area contributed by atoms with Crippen molar-refractivity contribution in [2.24, 2.45) is 0 Å². The highest BCUT2D eigenvalue weighted by molar-refractivity contribution is 7.12. The largest absolute Gasteiger partial charge is 0.335 e. The summed E-state index contributed by atoms with van der Waals surface area (Å²) in [4.78, 5) is 28.3. The van der Waals surface area contributed by atoms with E-state index >= 15 is 0 Å². The molecule has 0 spiro atoms. The summed E-state index contributed by atoms with van der Waals surface area (Å²) in [7, 11) is 0. The number of aryl methyl sites for hydroxylation is 3. The quantitative estimate of drug-likeness (QED) is 0.456. The molecule has 5 aromatic rings. The first-order valence-electron chi connectivity index (χ1n) is 9.46. The third-order valence-corrected chi connectivity index (χ3v) is 5.80. The van der Waals surface area contributed by atoms with Gasteiger partial charge in [-0.2, -0.15) is 5.10 Å². The summed E-state index contributed by atoms with van der Waals surface area (Å²) in [6.45, 7) is 5.87. The van der Waals surface area contributed by atoms with E-state index in [9.17, 15) is 4.79 Å². The lowest BCUT2D eigenvalue weighted by molar-refractivity contribution is 0.102. The Morgan fingerprint density at radius 1 is 1.19 bits per heavy atom. The van der Waals surface area contributed by atoms with E-state index in [1.165, 1.54) is 15.9 Å². The molecule has 0 saturated carbocycles. The number of hydrogen-bond acceptors (Lipinski definition) is 8. The fraction of sp³-hybridized carbons (Fsp3) is 0.143. The zero-order valence-electron chi connectivity index (χ0n) is 16.9. The van der Waals surface area contributed by atoms with Crippen molar-refractivity contribution in [3.8, 4) is 17.1 Å². The van der Waals surface area contributed by atoms with Gasteiger partial charge in [0, 0.05) is 15.3 Å². The van der Waals surface area contributed by atoms with Gasteiger partial charge in [0.15, 0.2) is 5.82 Å². The molecule has 0 unspecified atom stereocenters. The molecule has 0 fully saturated rings. The fourth-order valence-electron chi connectivity index (χ4n) is 3.42. The molecule has 154 valence electrons. The number of carbonyl (C=O) groups is 1. The van der Waals surface area contributed by atoms with E-state index in [4.69, 9.17) is 4.52 Å². The van der Waals surface area contributed by atoms with Crippen LogP contribution < -0.4 is 5.32 Å². The molecule has 0 aromatic carbocycles. The minimum Gasteiger partial charge on any atom is -0.335 e. The Morgan fingerprint density at radius 2 is 2.06 bits per heavy atom. The van der Waals surface area contributed by atoms with Crippen LogP contribution in [0.1, 0.15) is 25.8 Å². The molecule has 5 heterocycles. The summed E-state index contributed by atoms with van der Waals surface area (Å²) >= 11 is 1.69. The number of nitrogens with zero attached hydrogens (tertiary/aromatic N) is 6. The van der Waals surface area contributed by atoms with E-state index in [0.717, 1.165) is 10.4 Å².